The van der Waals surface area contributed by atoms with Gasteiger partial charge in [0.1, 0.15) is 5.76 Å². The fourth-order valence-electron chi connectivity index (χ4n) is 2.57. The number of carbonyl (C=O) groups is 1. The maximum atomic E-state index is 12.5. The Bertz CT molecular complexity index is 1070. The topological polar surface area (TPSA) is 45.8 Å². The van der Waals surface area contributed by atoms with Gasteiger partial charge in [0.2, 0.25) is 0 Å². The van der Waals surface area contributed by atoms with Crippen molar-refractivity contribution in [2.24, 2.45) is 4.99 Å². The molecule has 1 saturated heterocycles. The minimum absolute atomic E-state index is 0.0860. The Morgan fingerprint density at radius 1 is 1.19 bits per heavy atom. The summed E-state index contributed by atoms with van der Waals surface area (Å²) in [6, 6.07) is 16.0. The number of amides is 1. The number of aliphatic imine (C=N–C) groups is 1. The van der Waals surface area contributed by atoms with Gasteiger partial charge < -0.3 is 4.42 Å². The number of likely N-dealkylation sites (N-methyl/N-ethyl adjacent to an activating group) is 1. The van der Waals surface area contributed by atoms with Crippen LogP contribution in [-0.4, -0.2) is 23.0 Å². The fraction of sp³-hybridized carbons (Fsp3) is 0.0526. The molecular weight excluding hydrogens is 527 g/mol. The molecule has 0 aliphatic carbocycles. The van der Waals surface area contributed by atoms with Gasteiger partial charge in [-0.25, -0.2) is 4.99 Å². The number of thioether (sulfide) groups is 1. The summed E-state index contributed by atoms with van der Waals surface area (Å²) in [6.45, 7) is 0. The van der Waals surface area contributed by atoms with Crippen LogP contribution in [0.4, 0.5) is 5.69 Å². The van der Waals surface area contributed by atoms with Crippen LogP contribution in [0, 0.1) is 3.77 Å². The number of hydrogen-bond acceptors (Lipinski definition) is 4. The normalized spacial score (nSPS) is 17.8. The Labute approximate surface area is 176 Å². The molecule has 2 aromatic carbocycles. The highest BCUT2D eigenvalue weighted by molar-refractivity contribution is 14.1. The predicted molar refractivity (Wildman–Crippen MR) is 119 cm³/mol. The maximum absolute atomic E-state index is 12.5. The molecule has 1 amide bonds. The lowest BCUT2D eigenvalue weighted by Crippen LogP contribution is -2.23. The Hall–Kier alpha value is -1.58. The van der Waals surface area contributed by atoms with Gasteiger partial charge in [-0.15, -0.1) is 0 Å². The van der Waals surface area contributed by atoms with Crippen LogP contribution in [-0.2, 0) is 4.79 Å². The van der Waals surface area contributed by atoms with Crippen LogP contribution in [0.25, 0.3) is 16.8 Å². The minimum atomic E-state index is -0.0860. The number of carbonyl (C=O) groups excluding carboxylic acids is 1. The molecule has 130 valence electrons. The number of amidine groups is 1. The van der Waals surface area contributed by atoms with Crippen molar-refractivity contribution < 1.29 is 9.21 Å². The molecule has 0 unspecified atom stereocenters. The Morgan fingerprint density at radius 3 is 2.69 bits per heavy atom. The van der Waals surface area contributed by atoms with Gasteiger partial charge in [0, 0.05) is 35.7 Å². The molecule has 0 saturated carbocycles. The average molecular weight is 539 g/mol. The Morgan fingerprint density at radius 2 is 1.96 bits per heavy atom. The molecule has 1 aliphatic rings. The lowest BCUT2D eigenvalue weighted by atomic mass is 10.1. The van der Waals surface area contributed by atoms with Crippen LogP contribution in [0.2, 0.25) is 0 Å². The number of furan rings is 1. The first-order chi connectivity index (χ1) is 12.5. The van der Waals surface area contributed by atoms with E-state index in [4.69, 9.17) is 4.42 Å². The number of benzene rings is 2. The van der Waals surface area contributed by atoms with Crippen molar-refractivity contribution in [2.75, 3.05) is 7.05 Å². The molecule has 0 N–H and O–H groups in total. The van der Waals surface area contributed by atoms with Crippen molar-refractivity contribution in [1.82, 2.24) is 4.90 Å². The standard InChI is InChI=1S/C19H12BrIN2O2S/c1-23-18(24)16(10-14-9-15(20)17(21)25-14)26-19(23)22-13-7-6-11-4-2-3-5-12(11)8-13/h2-10H,1H3/b16-10-,22-19?. The largest absolute Gasteiger partial charge is 0.450 e. The molecular formula is C19H12BrIN2O2S. The van der Waals surface area contributed by atoms with Gasteiger partial charge in [-0.05, 0) is 56.7 Å². The van der Waals surface area contributed by atoms with E-state index in [2.05, 4.69) is 55.6 Å². The van der Waals surface area contributed by atoms with Crippen LogP contribution in [0.1, 0.15) is 5.76 Å². The van der Waals surface area contributed by atoms with E-state index < -0.39 is 0 Å². The first-order valence-corrected chi connectivity index (χ1v) is 10.4. The van der Waals surface area contributed by atoms with Gasteiger partial charge in [0.15, 0.2) is 8.93 Å². The third-order valence-corrected chi connectivity index (χ3v) is 7.09. The molecule has 0 bridgehead atoms. The third kappa shape index (κ3) is 3.47. The second-order valence-corrected chi connectivity index (χ2v) is 8.51. The number of nitrogens with zero attached hydrogens (tertiary/aromatic N) is 2. The van der Waals surface area contributed by atoms with Gasteiger partial charge in [-0.1, -0.05) is 30.3 Å². The summed E-state index contributed by atoms with van der Waals surface area (Å²) in [5, 5.41) is 2.94. The van der Waals surface area contributed by atoms with Crippen molar-refractivity contribution in [3.8, 4) is 0 Å². The van der Waals surface area contributed by atoms with Crippen LogP contribution in [0.5, 0.6) is 0 Å². The van der Waals surface area contributed by atoms with Gasteiger partial charge in [0.25, 0.3) is 5.91 Å². The van der Waals surface area contributed by atoms with Crippen molar-refractivity contribution in [3.05, 3.63) is 67.4 Å². The zero-order chi connectivity index (χ0) is 18.3. The highest BCUT2D eigenvalue weighted by atomic mass is 127. The fourth-order valence-corrected chi connectivity index (χ4v) is 4.26. The molecule has 1 aromatic heterocycles. The molecule has 4 nitrogen and oxygen atoms in total. The van der Waals surface area contributed by atoms with Crippen LogP contribution in [0.3, 0.4) is 0 Å². The molecule has 7 heteroatoms. The smallest absolute Gasteiger partial charge is 0.266 e. The van der Waals surface area contributed by atoms with Gasteiger partial charge in [0.05, 0.1) is 15.1 Å². The summed E-state index contributed by atoms with van der Waals surface area (Å²) in [5.41, 5.74) is 0.822. The van der Waals surface area contributed by atoms with E-state index in [1.54, 1.807) is 18.0 Å². The molecule has 2 heterocycles. The lowest BCUT2D eigenvalue weighted by molar-refractivity contribution is -0.121. The van der Waals surface area contributed by atoms with Gasteiger partial charge in [-0.2, -0.15) is 0 Å². The van der Waals surface area contributed by atoms with Crippen LogP contribution in [0.15, 0.2) is 67.3 Å². The second kappa shape index (κ2) is 7.21. The first-order valence-electron chi connectivity index (χ1n) is 7.71. The van der Waals surface area contributed by atoms with Crippen molar-refractivity contribution >= 4 is 83.9 Å². The van der Waals surface area contributed by atoms with E-state index in [-0.39, 0.29) is 5.91 Å². The summed E-state index contributed by atoms with van der Waals surface area (Å²) < 4.78 is 7.23. The van der Waals surface area contributed by atoms with E-state index in [0.717, 1.165) is 19.3 Å². The Kier molecular flexibility index (Phi) is 4.94. The summed E-state index contributed by atoms with van der Waals surface area (Å²) in [4.78, 5) is 19.3. The molecule has 0 atom stereocenters. The number of rotatable bonds is 2. The van der Waals surface area contributed by atoms with Gasteiger partial charge in [-0.3, -0.25) is 9.69 Å². The van der Waals surface area contributed by atoms with E-state index in [1.807, 2.05) is 36.4 Å². The highest BCUT2D eigenvalue weighted by Gasteiger charge is 2.30. The summed E-state index contributed by atoms with van der Waals surface area (Å²) >= 11 is 6.86. The van der Waals surface area contributed by atoms with Crippen LogP contribution < -0.4 is 0 Å². The third-order valence-electron chi connectivity index (χ3n) is 3.90. The molecule has 1 aliphatic heterocycles. The van der Waals surface area contributed by atoms with E-state index in [0.29, 0.717) is 15.8 Å². The highest BCUT2D eigenvalue weighted by Crippen LogP contribution is 2.35. The van der Waals surface area contributed by atoms with Gasteiger partial charge >= 0.3 is 0 Å². The number of halogens is 2. The summed E-state index contributed by atoms with van der Waals surface area (Å²) in [5.74, 6) is 0.551. The van der Waals surface area contributed by atoms with Crippen molar-refractivity contribution in [1.29, 1.82) is 0 Å². The summed E-state index contributed by atoms with van der Waals surface area (Å²) in [6.07, 6.45) is 1.75. The molecule has 4 rings (SSSR count). The van der Waals surface area contributed by atoms with E-state index in [9.17, 15) is 4.79 Å². The summed E-state index contributed by atoms with van der Waals surface area (Å²) in [7, 11) is 1.73. The molecule has 0 spiro atoms. The van der Waals surface area contributed by atoms with E-state index in [1.165, 1.54) is 17.1 Å². The zero-order valence-electron chi connectivity index (χ0n) is 13.6. The quantitative estimate of drug-likeness (QED) is 0.295. The lowest BCUT2D eigenvalue weighted by Gasteiger charge is -2.07. The number of fused-ring (bicyclic) bond motifs is 1. The monoisotopic (exact) mass is 538 g/mol. The SMILES string of the molecule is CN1C(=O)/C(=C/c2cc(Br)c(I)o2)SC1=Nc1ccc2ccccc2c1. The molecule has 1 fully saturated rings. The average Bonchev–Trinajstić information content (AvgIpc) is 3.08. The number of hydrogen-bond donors (Lipinski definition) is 0. The minimum Gasteiger partial charge on any atom is -0.450 e. The molecule has 0 radical (unpaired) electrons. The van der Waals surface area contributed by atoms with Crippen LogP contribution >= 0.6 is 50.3 Å². The van der Waals surface area contributed by atoms with Crippen molar-refractivity contribution in [3.63, 3.8) is 0 Å². The molecule has 26 heavy (non-hydrogen) atoms. The first kappa shape index (κ1) is 17.8. The zero-order valence-corrected chi connectivity index (χ0v) is 18.1. The second-order valence-electron chi connectivity index (χ2n) is 5.67. The Balaban J connectivity index is 1.66. The van der Waals surface area contributed by atoms with Crippen molar-refractivity contribution in [2.45, 2.75) is 0 Å². The molecule has 3 aromatic rings. The maximum Gasteiger partial charge on any atom is 0.266 e. The predicted octanol–water partition coefficient (Wildman–Crippen LogP) is 6.03. The van der Waals surface area contributed by atoms with E-state index >= 15 is 0 Å².